The van der Waals surface area contributed by atoms with Crippen molar-refractivity contribution in [1.29, 1.82) is 0 Å². The molecule has 0 aliphatic carbocycles. The topological polar surface area (TPSA) is 60.8 Å². The highest BCUT2D eigenvalue weighted by Gasteiger charge is 2.14. The van der Waals surface area contributed by atoms with Crippen LogP contribution in [0.4, 0.5) is 0 Å². The number of benzene rings is 1. The van der Waals surface area contributed by atoms with E-state index >= 15 is 0 Å². The molecule has 1 N–H and O–H groups in total. The van der Waals surface area contributed by atoms with Crippen molar-refractivity contribution >= 4 is 0 Å². The maximum atomic E-state index is 9.19. The second-order valence-electron chi connectivity index (χ2n) is 3.76. The molecule has 1 aromatic heterocycles. The molecule has 3 rings (SSSR count). The number of rotatable bonds is 3. The van der Waals surface area contributed by atoms with Crippen LogP contribution in [-0.2, 0) is 6.61 Å². The number of aliphatic hydroxyl groups is 1. The summed E-state index contributed by atoms with van der Waals surface area (Å²) in [7, 11) is 0. The zero-order chi connectivity index (χ0) is 12.4. The van der Waals surface area contributed by atoms with Gasteiger partial charge in [-0.3, -0.25) is 4.98 Å². The molecule has 1 aliphatic rings. The van der Waals surface area contributed by atoms with E-state index in [2.05, 4.69) is 4.98 Å². The molecule has 0 spiro atoms. The Kier molecular flexibility index (Phi) is 2.74. The molecule has 0 saturated carbocycles. The fraction of sp³-hybridized carbons (Fsp3) is 0.154. The Hall–Kier alpha value is -2.27. The molecule has 1 aromatic carbocycles. The van der Waals surface area contributed by atoms with Crippen LogP contribution in [0, 0.1) is 0 Å². The SMILES string of the molecule is OCc1cnccc1Oc1ccc2c(c1)OCO2. The fourth-order valence-corrected chi connectivity index (χ4v) is 1.70. The molecule has 0 atom stereocenters. The van der Waals surface area contributed by atoms with Gasteiger partial charge in [0.05, 0.1) is 6.61 Å². The van der Waals surface area contributed by atoms with Gasteiger partial charge in [-0.2, -0.15) is 0 Å². The minimum atomic E-state index is -0.117. The van der Waals surface area contributed by atoms with Gasteiger partial charge in [0.2, 0.25) is 6.79 Å². The van der Waals surface area contributed by atoms with Gasteiger partial charge in [0.15, 0.2) is 11.5 Å². The molecule has 92 valence electrons. The molecule has 0 fully saturated rings. The second kappa shape index (κ2) is 4.54. The van der Waals surface area contributed by atoms with Crippen LogP contribution in [0.1, 0.15) is 5.56 Å². The number of hydrogen-bond acceptors (Lipinski definition) is 5. The number of hydrogen-bond donors (Lipinski definition) is 1. The van der Waals surface area contributed by atoms with E-state index in [1.54, 1.807) is 36.7 Å². The summed E-state index contributed by atoms with van der Waals surface area (Å²) < 4.78 is 16.2. The van der Waals surface area contributed by atoms with Crippen molar-refractivity contribution in [3.8, 4) is 23.0 Å². The molecule has 5 heteroatoms. The van der Waals surface area contributed by atoms with Gasteiger partial charge in [0.1, 0.15) is 11.5 Å². The Morgan fingerprint density at radius 1 is 1.22 bits per heavy atom. The van der Waals surface area contributed by atoms with E-state index in [0.717, 1.165) is 0 Å². The van der Waals surface area contributed by atoms with E-state index < -0.39 is 0 Å². The van der Waals surface area contributed by atoms with Crippen LogP contribution in [0.15, 0.2) is 36.7 Å². The first-order valence-corrected chi connectivity index (χ1v) is 5.48. The summed E-state index contributed by atoms with van der Waals surface area (Å²) in [5, 5.41) is 9.19. The molecule has 1 aliphatic heterocycles. The smallest absolute Gasteiger partial charge is 0.231 e. The highest BCUT2D eigenvalue weighted by atomic mass is 16.7. The quantitative estimate of drug-likeness (QED) is 0.897. The van der Waals surface area contributed by atoms with Crippen molar-refractivity contribution in [3.63, 3.8) is 0 Å². The first-order valence-electron chi connectivity index (χ1n) is 5.48. The molecule has 2 aromatic rings. The van der Waals surface area contributed by atoms with Gasteiger partial charge in [-0.25, -0.2) is 0 Å². The van der Waals surface area contributed by atoms with Crippen LogP contribution < -0.4 is 14.2 Å². The van der Waals surface area contributed by atoms with Crippen molar-refractivity contribution in [2.24, 2.45) is 0 Å². The number of pyridine rings is 1. The number of ether oxygens (including phenoxy) is 3. The van der Waals surface area contributed by atoms with Gasteiger partial charge >= 0.3 is 0 Å². The van der Waals surface area contributed by atoms with Crippen LogP contribution in [0.25, 0.3) is 0 Å². The van der Waals surface area contributed by atoms with Crippen LogP contribution in [0.5, 0.6) is 23.0 Å². The summed E-state index contributed by atoms with van der Waals surface area (Å²) in [5.41, 5.74) is 0.634. The second-order valence-corrected chi connectivity index (χ2v) is 3.76. The minimum absolute atomic E-state index is 0.117. The van der Waals surface area contributed by atoms with Crippen LogP contribution in [-0.4, -0.2) is 16.9 Å². The lowest BCUT2D eigenvalue weighted by atomic mass is 10.2. The van der Waals surface area contributed by atoms with Crippen LogP contribution in [0.2, 0.25) is 0 Å². The highest BCUT2D eigenvalue weighted by Crippen LogP contribution is 2.36. The van der Waals surface area contributed by atoms with Gasteiger partial charge < -0.3 is 19.3 Å². The van der Waals surface area contributed by atoms with E-state index in [9.17, 15) is 5.11 Å². The molecule has 0 amide bonds. The first kappa shape index (κ1) is 10.9. The Bertz CT molecular complexity index is 571. The average molecular weight is 245 g/mol. The minimum Gasteiger partial charge on any atom is -0.457 e. The third-order valence-electron chi connectivity index (χ3n) is 2.60. The van der Waals surface area contributed by atoms with Gasteiger partial charge in [-0.1, -0.05) is 0 Å². The third kappa shape index (κ3) is 1.96. The standard InChI is InChI=1S/C13H11NO4/c15-7-9-6-14-4-3-11(9)18-10-1-2-12-13(5-10)17-8-16-12/h1-6,15H,7-8H2. The molecule has 2 heterocycles. The number of aromatic nitrogens is 1. The molecular weight excluding hydrogens is 234 g/mol. The molecular formula is C13H11NO4. The normalized spacial score (nSPS) is 12.5. The summed E-state index contributed by atoms with van der Waals surface area (Å²) >= 11 is 0. The van der Waals surface area contributed by atoms with Crippen molar-refractivity contribution in [2.45, 2.75) is 6.61 Å². The maximum Gasteiger partial charge on any atom is 0.231 e. The van der Waals surface area contributed by atoms with Crippen molar-refractivity contribution in [2.75, 3.05) is 6.79 Å². The monoisotopic (exact) mass is 245 g/mol. The lowest BCUT2D eigenvalue weighted by molar-refractivity contribution is 0.174. The Labute approximate surface area is 104 Å². The van der Waals surface area contributed by atoms with Gasteiger partial charge in [0, 0.05) is 24.0 Å². The zero-order valence-corrected chi connectivity index (χ0v) is 9.50. The van der Waals surface area contributed by atoms with E-state index in [0.29, 0.717) is 28.6 Å². The zero-order valence-electron chi connectivity index (χ0n) is 9.50. The Morgan fingerprint density at radius 3 is 3.00 bits per heavy atom. The first-order chi connectivity index (χ1) is 8.86. The van der Waals surface area contributed by atoms with Crippen molar-refractivity contribution in [3.05, 3.63) is 42.2 Å². The third-order valence-corrected chi connectivity index (χ3v) is 2.60. The summed E-state index contributed by atoms with van der Waals surface area (Å²) in [6.07, 6.45) is 3.18. The van der Waals surface area contributed by atoms with Gasteiger partial charge in [0.25, 0.3) is 0 Å². The van der Waals surface area contributed by atoms with Crippen molar-refractivity contribution < 1.29 is 19.3 Å². The lowest BCUT2D eigenvalue weighted by Crippen LogP contribution is -1.93. The molecule has 18 heavy (non-hydrogen) atoms. The predicted octanol–water partition coefficient (Wildman–Crippen LogP) is 2.09. The Morgan fingerprint density at radius 2 is 2.11 bits per heavy atom. The number of nitrogens with zero attached hydrogens (tertiary/aromatic N) is 1. The predicted molar refractivity (Wildman–Crippen MR) is 62.8 cm³/mol. The molecule has 0 unspecified atom stereocenters. The molecule has 0 saturated heterocycles. The largest absolute Gasteiger partial charge is 0.457 e. The number of fused-ring (bicyclic) bond motifs is 1. The van der Waals surface area contributed by atoms with E-state index in [-0.39, 0.29) is 13.4 Å². The van der Waals surface area contributed by atoms with Gasteiger partial charge in [-0.05, 0) is 18.2 Å². The molecule has 0 radical (unpaired) electrons. The van der Waals surface area contributed by atoms with E-state index in [4.69, 9.17) is 14.2 Å². The summed E-state index contributed by atoms with van der Waals surface area (Å²) in [4.78, 5) is 3.93. The highest BCUT2D eigenvalue weighted by molar-refractivity contribution is 5.48. The summed E-state index contributed by atoms with van der Waals surface area (Å²) in [5.74, 6) is 2.57. The fourth-order valence-electron chi connectivity index (χ4n) is 1.70. The molecule has 0 bridgehead atoms. The lowest BCUT2D eigenvalue weighted by Gasteiger charge is -2.09. The Balaban J connectivity index is 1.88. The van der Waals surface area contributed by atoms with Crippen molar-refractivity contribution in [1.82, 2.24) is 4.98 Å². The van der Waals surface area contributed by atoms with Crippen LogP contribution in [0.3, 0.4) is 0 Å². The van der Waals surface area contributed by atoms with Crippen LogP contribution >= 0.6 is 0 Å². The summed E-state index contributed by atoms with van der Waals surface area (Å²) in [6.45, 7) is 0.115. The van der Waals surface area contributed by atoms with Gasteiger partial charge in [-0.15, -0.1) is 0 Å². The maximum absolute atomic E-state index is 9.19. The molecule has 5 nitrogen and oxygen atoms in total. The number of aliphatic hydroxyl groups excluding tert-OH is 1. The summed E-state index contributed by atoms with van der Waals surface area (Å²) in [6, 6.07) is 7.03. The average Bonchev–Trinajstić information content (AvgIpc) is 2.87. The van der Waals surface area contributed by atoms with E-state index in [1.807, 2.05) is 0 Å². The van der Waals surface area contributed by atoms with E-state index in [1.165, 1.54) is 0 Å².